The number of aryl methyl sites for hydroxylation is 1. The van der Waals surface area contributed by atoms with Crippen LogP contribution in [0.3, 0.4) is 0 Å². The standard InChI is InChI=1S/C12H14N2O3S/c1-8-4-9(14-17-8)6-13-7-11-3-2-10(18-11)5-12(15)16/h2-4,13H,5-7H2,1H3,(H,15,16). The van der Waals surface area contributed by atoms with Gasteiger partial charge in [0.2, 0.25) is 0 Å². The van der Waals surface area contributed by atoms with Crippen molar-refractivity contribution in [2.45, 2.75) is 26.4 Å². The summed E-state index contributed by atoms with van der Waals surface area (Å²) < 4.78 is 4.96. The Morgan fingerprint density at radius 1 is 1.44 bits per heavy atom. The van der Waals surface area contributed by atoms with Crippen molar-refractivity contribution >= 4 is 17.3 Å². The monoisotopic (exact) mass is 266 g/mol. The van der Waals surface area contributed by atoms with Crippen molar-refractivity contribution in [3.8, 4) is 0 Å². The molecule has 2 aromatic heterocycles. The zero-order valence-corrected chi connectivity index (χ0v) is 10.8. The van der Waals surface area contributed by atoms with E-state index in [4.69, 9.17) is 9.63 Å². The molecule has 6 heteroatoms. The fourth-order valence-corrected chi connectivity index (χ4v) is 2.56. The first-order valence-electron chi connectivity index (χ1n) is 5.56. The number of carboxylic acid groups (broad SMARTS) is 1. The van der Waals surface area contributed by atoms with Gasteiger partial charge in [0.05, 0.1) is 12.1 Å². The molecule has 0 amide bonds. The smallest absolute Gasteiger partial charge is 0.308 e. The van der Waals surface area contributed by atoms with Crippen molar-refractivity contribution < 1.29 is 14.4 Å². The second-order valence-corrected chi connectivity index (χ2v) is 5.22. The highest BCUT2D eigenvalue weighted by Gasteiger charge is 2.05. The molecule has 0 saturated heterocycles. The molecule has 2 N–H and O–H groups in total. The van der Waals surface area contributed by atoms with Crippen LogP contribution in [0.2, 0.25) is 0 Å². The molecule has 5 nitrogen and oxygen atoms in total. The molecule has 0 spiro atoms. The van der Waals surface area contributed by atoms with Gasteiger partial charge in [0.25, 0.3) is 0 Å². The lowest BCUT2D eigenvalue weighted by Gasteiger charge is -1.98. The first-order valence-corrected chi connectivity index (χ1v) is 6.37. The van der Waals surface area contributed by atoms with E-state index in [0.717, 1.165) is 21.2 Å². The summed E-state index contributed by atoms with van der Waals surface area (Å²) in [6.45, 7) is 3.20. The molecule has 2 rings (SSSR count). The third kappa shape index (κ3) is 3.68. The van der Waals surface area contributed by atoms with E-state index in [-0.39, 0.29) is 6.42 Å². The maximum atomic E-state index is 10.6. The third-order valence-corrected chi connectivity index (χ3v) is 3.41. The fourth-order valence-electron chi connectivity index (χ4n) is 1.58. The fraction of sp³-hybridized carbons (Fsp3) is 0.333. The average molecular weight is 266 g/mol. The van der Waals surface area contributed by atoms with E-state index in [0.29, 0.717) is 13.1 Å². The van der Waals surface area contributed by atoms with Crippen LogP contribution in [0, 0.1) is 6.92 Å². The molecule has 0 unspecified atom stereocenters. The lowest BCUT2D eigenvalue weighted by molar-refractivity contribution is -0.136. The molecule has 0 atom stereocenters. The second-order valence-electron chi connectivity index (χ2n) is 3.97. The largest absolute Gasteiger partial charge is 0.481 e. The topological polar surface area (TPSA) is 75.4 Å². The number of aliphatic carboxylic acids is 1. The van der Waals surface area contributed by atoms with E-state index in [9.17, 15) is 4.79 Å². The van der Waals surface area contributed by atoms with E-state index >= 15 is 0 Å². The number of carboxylic acids is 1. The van der Waals surface area contributed by atoms with Crippen LogP contribution in [-0.2, 0) is 24.3 Å². The normalized spacial score (nSPS) is 10.7. The Hall–Kier alpha value is -1.66. The minimum Gasteiger partial charge on any atom is -0.481 e. The van der Waals surface area contributed by atoms with Gasteiger partial charge in [-0.3, -0.25) is 4.79 Å². The van der Waals surface area contributed by atoms with Crippen molar-refractivity contribution in [2.75, 3.05) is 0 Å². The van der Waals surface area contributed by atoms with E-state index in [1.807, 2.05) is 25.1 Å². The highest BCUT2D eigenvalue weighted by molar-refractivity contribution is 7.12. The molecule has 0 aromatic carbocycles. The van der Waals surface area contributed by atoms with Crippen LogP contribution in [0.1, 0.15) is 21.2 Å². The third-order valence-electron chi connectivity index (χ3n) is 2.32. The van der Waals surface area contributed by atoms with E-state index in [1.54, 1.807) is 0 Å². The van der Waals surface area contributed by atoms with Crippen LogP contribution >= 0.6 is 11.3 Å². The number of thiophene rings is 1. The Labute approximate surface area is 108 Å². The Kier molecular flexibility index (Phi) is 4.11. The Bertz CT molecular complexity index is 533. The van der Waals surface area contributed by atoms with Gasteiger partial charge in [0.1, 0.15) is 5.76 Å². The number of rotatable bonds is 6. The van der Waals surface area contributed by atoms with Crippen LogP contribution in [0.25, 0.3) is 0 Å². The summed E-state index contributed by atoms with van der Waals surface area (Å²) in [4.78, 5) is 12.5. The summed E-state index contributed by atoms with van der Waals surface area (Å²) in [7, 11) is 0. The minimum absolute atomic E-state index is 0.0904. The van der Waals surface area contributed by atoms with Gasteiger partial charge in [-0.05, 0) is 19.1 Å². The van der Waals surface area contributed by atoms with Gasteiger partial charge in [-0.2, -0.15) is 0 Å². The van der Waals surface area contributed by atoms with Gasteiger partial charge in [0.15, 0.2) is 0 Å². The van der Waals surface area contributed by atoms with E-state index in [2.05, 4.69) is 10.5 Å². The Morgan fingerprint density at radius 3 is 2.89 bits per heavy atom. The van der Waals surface area contributed by atoms with Gasteiger partial charge < -0.3 is 14.9 Å². The van der Waals surface area contributed by atoms with Gasteiger partial charge in [0, 0.05) is 28.9 Å². The van der Waals surface area contributed by atoms with Crippen molar-refractivity contribution in [3.63, 3.8) is 0 Å². The molecule has 96 valence electrons. The predicted molar refractivity (Wildman–Crippen MR) is 67.4 cm³/mol. The molecule has 0 bridgehead atoms. The summed E-state index contributed by atoms with van der Waals surface area (Å²) in [5.74, 6) is 0.00102. The van der Waals surface area contributed by atoms with Gasteiger partial charge in [-0.1, -0.05) is 5.16 Å². The molecule has 0 radical (unpaired) electrons. The van der Waals surface area contributed by atoms with Gasteiger partial charge in [-0.25, -0.2) is 0 Å². The second kappa shape index (κ2) is 5.79. The Balaban J connectivity index is 1.79. The van der Waals surface area contributed by atoms with Crippen molar-refractivity contribution in [1.82, 2.24) is 10.5 Å². The summed E-state index contributed by atoms with van der Waals surface area (Å²) >= 11 is 1.51. The summed E-state index contributed by atoms with van der Waals surface area (Å²) in [6, 6.07) is 5.69. The first kappa shape index (κ1) is 12.8. The SMILES string of the molecule is Cc1cc(CNCc2ccc(CC(=O)O)s2)no1. The van der Waals surface area contributed by atoms with Crippen molar-refractivity contribution in [1.29, 1.82) is 0 Å². The summed E-state index contributed by atoms with van der Waals surface area (Å²) in [5.41, 5.74) is 0.870. The molecule has 18 heavy (non-hydrogen) atoms. The Morgan fingerprint density at radius 2 is 2.22 bits per heavy atom. The van der Waals surface area contributed by atoms with Crippen molar-refractivity contribution in [2.24, 2.45) is 0 Å². The highest BCUT2D eigenvalue weighted by Crippen LogP contribution is 2.17. The lowest BCUT2D eigenvalue weighted by atomic mass is 10.3. The van der Waals surface area contributed by atoms with Crippen LogP contribution in [0.5, 0.6) is 0 Å². The minimum atomic E-state index is -0.797. The van der Waals surface area contributed by atoms with Crippen molar-refractivity contribution in [3.05, 3.63) is 39.4 Å². The first-order chi connectivity index (χ1) is 8.63. The number of carbonyl (C=O) groups is 1. The maximum absolute atomic E-state index is 10.6. The van der Waals surface area contributed by atoms with Crippen LogP contribution < -0.4 is 5.32 Å². The molecule has 2 heterocycles. The molecule has 0 saturated carbocycles. The lowest BCUT2D eigenvalue weighted by Crippen LogP contribution is -2.11. The van der Waals surface area contributed by atoms with Crippen LogP contribution in [0.4, 0.5) is 0 Å². The number of nitrogens with one attached hydrogen (secondary N) is 1. The molecular formula is C12H14N2O3S. The van der Waals surface area contributed by atoms with E-state index < -0.39 is 5.97 Å². The summed E-state index contributed by atoms with van der Waals surface area (Å²) in [6.07, 6.45) is 0.0904. The summed E-state index contributed by atoms with van der Waals surface area (Å²) in [5, 5.41) is 15.8. The van der Waals surface area contributed by atoms with Crippen LogP contribution in [-0.4, -0.2) is 16.2 Å². The number of nitrogens with zero attached hydrogens (tertiary/aromatic N) is 1. The van der Waals surface area contributed by atoms with E-state index in [1.165, 1.54) is 11.3 Å². The quantitative estimate of drug-likeness (QED) is 0.836. The van der Waals surface area contributed by atoms with Crippen LogP contribution in [0.15, 0.2) is 22.7 Å². The molecule has 0 aliphatic rings. The number of aromatic nitrogens is 1. The van der Waals surface area contributed by atoms with Gasteiger partial charge in [-0.15, -0.1) is 11.3 Å². The maximum Gasteiger partial charge on any atom is 0.308 e. The zero-order valence-electron chi connectivity index (χ0n) is 9.97. The molecule has 2 aromatic rings. The number of hydrogen-bond donors (Lipinski definition) is 2. The van der Waals surface area contributed by atoms with Gasteiger partial charge >= 0.3 is 5.97 Å². The molecule has 0 aliphatic heterocycles. The zero-order chi connectivity index (χ0) is 13.0. The number of hydrogen-bond acceptors (Lipinski definition) is 5. The average Bonchev–Trinajstić information content (AvgIpc) is 2.88. The highest BCUT2D eigenvalue weighted by atomic mass is 32.1. The molecular weight excluding hydrogens is 252 g/mol. The molecule has 0 fully saturated rings. The molecule has 0 aliphatic carbocycles. The predicted octanol–water partition coefficient (Wildman–Crippen LogP) is 1.96.